The molecule has 0 N–H and O–H groups in total. The molecule has 0 radical (unpaired) electrons. The third kappa shape index (κ3) is 2.77. The maximum absolute atomic E-state index is 13.0. The first-order valence-electron chi connectivity index (χ1n) is 7.62. The number of aromatic nitrogens is 4. The van der Waals surface area contributed by atoms with E-state index in [0.29, 0.717) is 32.6 Å². The maximum Gasteiger partial charge on any atom is 0.292 e. The molecule has 0 saturated heterocycles. The molecular formula is C17H12Cl2N4O2S. The molecule has 1 aromatic carbocycles. The molecule has 0 amide bonds. The summed E-state index contributed by atoms with van der Waals surface area (Å²) in [5, 5.41) is 9.96. The van der Waals surface area contributed by atoms with Crippen LogP contribution in [0.4, 0.5) is 0 Å². The number of methoxy groups -OCH3 is 1. The molecular weight excluding hydrogens is 395 g/mol. The largest absolute Gasteiger partial charge is 0.380 e. The quantitative estimate of drug-likeness (QED) is 0.510. The minimum absolute atomic E-state index is 0.303. The van der Waals surface area contributed by atoms with Crippen molar-refractivity contribution in [3.8, 4) is 5.69 Å². The van der Waals surface area contributed by atoms with Crippen molar-refractivity contribution in [3.63, 3.8) is 0 Å². The molecule has 0 bridgehead atoms. The summed E-state index contributed by atoms with van der Waals surface area (Å²) in [6, 6.07) is 6.77. The van der Waals surface area contributed by atoms with E-state index in [0.717, 1.165) is 21.5 Å². The normalized spacial score (nSPS) is 11.5. The van der Waals surface area contributed by atoms with Gasteiger partial charge in [-0.05, 0) is 36.8 Å². The van der Waals surface area contributed by atoms with Crippen molar-refractivity contribution < 1.29 is 4.74 Å². The van der Waals surface area contributed by atoms with Crippen LogP contribution in [0.15, 0.2) is 29.1 Å². The molecule has 0 unspecified atom stereocenters. The van der Waals surface area contributed by atoms with Gasteiger partial charge in [-0.3, -0.25) is 4.79 Å². The highest BCUT2D eigenvalue weighted by molar-refractivity contribution is 7.25. The van der Waals surface area contributed by atoms with Gasteiger partial charge >= 0.3 is 0 Å². The Morgan fingerprint density at radius 1 is 1.27 bits per heavy atom. The Bertz CT molecular complexity index is 1220. The van der Waals surface area contributed by atoms with Crippen LogP contribution in [-0.4, -0.2) is 27.1 Å². The molecule has 0 aliphatic heterocycles. The Morgan fingerprint density at radius 2 is 2.08 bits per heavy atom. The van der Waals surface area contributed by atoms with E-state index in [1.165, 1.54) is 16.0 Å². The smallest absolute Gasteiger partial charge is 0.292 e. The molecule has 3 heterocycles. The minimum atomic E-state index is -0.303. The van der Waals surface area contributed by atoms with Gasteiger partial charge in [-0.25, -0.2) is 4.98 Å². The number of pyridine rings is 1. The standard InChI is InChI=1S/C17H12Cl2N4O2S/c1-8-5-9(7-25-2)13-14-15(26-16(13)20-8)17(24)23(22-21-14)12-4-3-10(18)6-11(12)19/h3-6H,7H2,1-2H3. The van der Waals surface area contributed by atoms with Gasteiger partial charge in [0.15, 0.2) is 0 Å². The van der Waals surface area contributed by atoms with Crippen LogP contribution >= 0.6 is 34.5 Å². The second-order valence-corrected chi connectivity index (χ2v) is 7.56. The van der Waals surface area contributed by atoms with Gasteiger partial charge in [0.25, 0.3) is 5.56 Å². The van der Waals surface area contributed by atoms with Crippen molar-refractivity contribution in [3.05, 3.63) is 55.9 Å². The fourth-order valence-electron chi connectivity index (χ4n) is 2.84. The van der Waals surface area contributed by atoms with Crippen LogP contribution in [0.1, 0.15) is 11.3 Å². The fourth-order valence-corrected chi connectivity index (χ4v) is 4.46. The fraction of sp³-hybridized carbons (Fsp3) is 0.176. The number of fused-ring (bicyclic) bond motifs is 3. The van der Waals surface area contributed by atoms with Crippen molar-refractivity contribution in [1.82, 2.24) is 20.0 Å². The van der Waals surface area contributed by atoms with Gasteiger partial charge in [-0.1, -0.05) is 28.4 Å². The van der Waals surface area contributed by atoms with Gasteiger partial charge in [0.2, 0.25) is 0 Å². The van der Waals surface area contributed by atoms with E-state index < -0.39 is 0 Å². The van der Waals surface area contributed by atoms with Crippen LogP contribution in [0.2, 0.25) is 10.0 Å². The Morgan fingerprint density at radius 3 is 2.81 bits per heavy atom. The van der Waals surface area contributed by atoms with E-state index in [1.807, 2.05) is 13.0 Å². The van der Waals surface area contributed by atoms with Crippen LogP contribution in [0.25, 0.3) is 26.1 Å². The van der Waals surface area contributed by atoms with E-state index in [2.05, 4.69) is 15.3 Å². The SMILES string of the molecule is COCc1cc(C)nc2sc3c(=O)n(-c4ccc(Cl)cc4Cl)nnc3c12. The molecule has 26 heavy (non-hydrogen) atoms. The third-order valence-corrected chi connectivity index (χ3v) is 5.50. The first kappa shape index (κ1) is 17.4. The lowest BCUT2D eigenvalue weighted by atomic mass is 10.1. The van der Waals surface area contributed by atoms with Crippen molar-refractivity contribution in [1.29, 1.82) is 0 Å². The second-order valence-electron chi connectivity index (χ2n) is 5.72. The molecule has 0 aliphatic rings. The summed E-state index contributed by atoms with van der Waals surface area (Å²) in [6.45, 7) is 2.31. The van der Waals surface area contributed by atoms with E-state index in [-0.39, 0.29) is 5.56 Å². The summed E-state index contributed by atoms with van der Waals surface area (Å²) < 4.78 is 6.92. The number of ether oxygens (including phenoxy) is 1. The van der Waals surface area contributed by atoms with Crippen LogP contribution in [0.3, 0.4) is 0 Å². The average Bonchev–Trinajstić information content (AvgIpc) is 2.95. The molecule has 0 saturated carbocycles. The Labute approximate surface area is 161 Å². The lowest BCUT2D eigenvalue weighted by molar-refractivity contribution is 0.186. The average molecular weight is 407 g/mol. The summed E-state index contributed by atoms with van der Waals surface area (Å²) in [5.74, 6) is 0. The molecule has 9 heteroatoms. The number of benzene rings is 1. The molecule has 4 rings (SSSR count). The van der Waals surface area contributed by atoms with Crippen LogP contribution < -0.4 is 5.56 Å². The van der Waals surface area contributed by atoms with Gasteiger partial charge in [-0.2, -0.15) is 4.68 Å². The van der Waals surface area contributed by atoms with E-state index >= 15 is 0 Å². The van der Waals surface area contributed by atoms with Crippen LogP contribution in [0, 0.1) is 6.92 Å². The van der Waals surface area contributed by atoms with Crippen molar-refractivity contribution in [2.45, 2.75) is 13.5 Å². The number of thiophene rings is 1. The summed E-state index contributed by atoms with van der Waals surface area (Å²) in [6.07, 6.45) is 0. The van der Waals surface area contributed by atoms with Gasteiger partial charge < -0.3 is 4.74 Å². The van der Waals surface area contributed by atoms with Gasteiger partial charge in [0.05, 0.1) is 17.3 Å². The monoisotopic (exact) mass is 406 g/mol. The highest BCUT2D eigenvalue weighted by Crippen LogP contribution is 2.32. The molecule has 0 fully saturated rings. The molecule has 6 nitrogen and oxygen atoms in total. The molecule has 0 aliphatic carbocycles. The van der Waals surface area contributed by atoms with Gasteiger partial charge in [-0.15, -0.1) is 16.4 Å². The van der Waals surface area contributed by atoms with Gasteiger partial charge in [0, 0.05) is 23.2 Å². The maximum atomic E-state index is 13.0. The summed E-state index contributed by atoms with van der Waals surface area (Å²) in [5.41, 5.74) is 2.43. The zero-order valence-electron chi connectivity index (χ0n) is 13.8. The van der Waals surface area contributed by atoms with E-state index in [1.54, 1.807) is 25.3 Å². The van der Waals surface area contributed by atoms with Crippen LogP contribution in [-0.2, 0) is 11.3 Å². The minimum Gasteiger partial charge on any atom is -0.380 e. The summed E-state index contributed by atoms with van der Waals surface area (Å²) in [4.78, 5) is 18.3. The highest BCUT2D eigenvalue weighted by Gasteiger charge is 2.18. The third-order valence-electron chi connectivity index (χ3n) is 3.91. The van der Waals surface area contributed by atoms with Crippen molar-refractivity contribution >= 4 is 55.0 Å². The predicted octanol–water partition coefficient (Wildman–Crippen LogP) is 4.15. The Balaban J connectivity index is 2.04. The molecule has 3 aromatic heterocycles. The van der Waals surface area contributed by atoms with E-state index in [9.17, 15) is 4.79 Å². The number of aryl methyl sites for hydroxylation is 1. The molecule has 132 valence electrons. The van der Waals surface area contributed by atoms with Gasteiger partial charge in [0.1, 0.15) is 15.0 Å². The first-order valence-corrected chi connectivity index (χ1v) is 9.20. The second kappa shape index (κ2) is 6.59. The zero-order valence-corrected chi connectivity index (χ0v) is 16.1. The lowest BCUT2D eigenvalue weighted by Crippen LogP contribution is -2.22. The Kier molecular flexibility index (Phi) is 4.40. The predicted molar refractivity (Wildman–Crippen MR) is 104 cm³/mol. The van der Waals surface area contributed by atoms with Crippen LogP contribution in [0.5, 0.6) is 0 Å². The zero-order chi connectivity index (χ0) is 18.4. The van der Waals surface area contributed by atoms with Crippen molar-refractivity contribution in [2.24, 2.45) is 0 Å². The number of halogens is 2. The molecule has 0 spiro atoms. The van der Waals surface area contributed by atoms with Crippen molar-refractivity contribution in [2.75, 3.05) is 7.11 Å². The summed E-state index contributed by atoms with van der Waals surface area (Å²) >= 11 is 13.4. The number of hydrogen-bond acceptors (Lipinski definition) is 6. The number of rotatable bonds is 3. The lowest BCUT2D eigenvalue weighted by Gasteiger charge is -2.06. The first-order chi connectivity index (χ1) is 12.5. The number of hydrogen-bond donors (Lipinski definition) is 0. The summed E-state index contributed by atoms with van der Waals surface area (Å²) in [7, 11) is 1.62. The van der Waals surface area contributed by atoms with E-state index in [4.69, 9.17) is 27.9 Å². The number of nitrogens with zero attached hydrogens (tertiary/aromatic N) is 4. The Hall–Kier alpha value is -2.06. The molecule has 0 atom stereocenters. The molecule has 4 aromatic rings. The highest BCUT2D eigenvalue weighted by atomic mass is 35.5. The topological polar surface area (TPSA) is 69.9 Å².